The predicted molar refractivity (Wildman–Crippen MR) is 44.3 cm³/mol. The van der Waals surface area contributed by atoms with E-state index in [0.29, 0.717) is 5.56 Å². The van der Waals surface area contributed by atoms with E-state index in [2.05, 4.69) is 10.2 Å². The summed E-state index contributed by atoms with van der Waals surface area (Å²) in [6.07, 6.45) is 3.11. The van der Waals surface area contributed by atoms with Crippen LogP contribution in [-0.4, -0.2) is 25.9 Å². The zero-order valence-corrected chi connectivity index (χ0v) is 6.71. The fraction of sp³-hybridized carbons (Fsp3) is 0.125. The number of nitrogens with zero attached hydrogens (tertiary/aromatic N) is 3. The van der Waals surface area contributed by atoms with Crippen molar-refractivity contribution in [2.75, 3.05) is 0 Å². The molecule has 0 aliphatic rings. The van der Waals surface area contributed by atoms with E-state index in [-0.39, 0.29) is 6.42 Å². The Kier molecular flexibility index (Phi) is 1.70. The van der Waals surface area contributed by atoms with Crippen molar-refractivity contribution < 1.29 is 9.90 Å². The molecule has 5 nitrogen and oxygen atoms in total. The van der Waals surface area contributed by atoms with Gasteiger partial charge in [-0.2, -0.15) is 14.8 Å². The van der Waals surface area contributed by atoms with Crippen LogP contribution in [0.15, 0.2) is 24.5 Å². The van der Waals surface area contributed by atoms with Gasteiger partial charge in [0.2, 0.25) is 0 Å². The van der Waals surface area contributed by atoms with Crippen molar-refractivity contribution in [1.29, 1.82) is 0 Å². The molecule has 0 unspecified atom stereocenters. The summed E-state index contributed by atoms with van der Waals surface area (Å²) >= 11 is 0. The number of hydrogen-bond donors (Lipinski definition) is 1. The molecular weight excluding hydrogens is 170 g/mol. The average Bonchev–Trinajstić information content (AvgIpc) is 2.48. The topological polar surface area (TPSA) is 67.5 Å². The van der Waals surface area contributed by atoms with Gasteiger partial charge in [-0.1, -0.05) is 0 Å². The molecule has 2 aromatic heterocycles. The zero-order valence-electron chi connectivity index (χ0n) is 6.71. The van der Waals surface area contributed by atoms with Crippen LogP contribution in [0, 0.1) is 0 Å². The Morgan fingerprint density at radius 3 is 3.15 bits per heavy atom. The first kappa shape index (κ1) is 7.72. The Morgan fingerprint density at radius 2 is 2.38 bits per heavy atom. The van der Waals surface area contributed by atoms with Crippen molar-refractivity contribution in [3.8, 4) is 0 Å². The van der Waals surface area contributed by atoms with E-state index in [1.54, 1.807) is 18.3 Å². The molecule has 13 heavy (non-hydrogen) atoms. The summed E-state index contributed by atoms with van der Waals surface area (Å²) in [5.74, 6) is -0.862. The van der Waals surface area contributed by atoms with Gasteiger partial charge in [-0.15, -0.1) is 0 Å². The molecule has 2 rings (SSSR count). The second-order valence-electron chi connectivity index (χ2n) is 2.64. The zero-order chi connectivity index (χ0) is 9.26. The normalized spacial score (nSPS) is 10.5. The van der Waals surface area contributed by atoms with Crippen molar-refractivity contribution in [1.82, 2.24) is 14.8 Å². The van der Waals surface area contributed by atoms with Crippen LogP contribution in [0.3, 0.4) is 0 Å². The SMILES string of the molecule is O=C(O)Cc1cnn2ncccc12. The molecule has 0 spiro atoms. The number of rotatable bonds is 2. The first-order valence-corrected chi connectivity index (χ1v) is 3.77. The molecule has 0 aliphatic heterocycles. The number of aromatic nitrogens is 3. The Bertz CT molecular complexity index is 449. The second kappa shape index (κ2) is 2.85. The minimum absolute atomic E-state index is 0.0187. The molecule has 0 fully saturated rings. The lowest BCUT2D eigenvalue weighted by Gasteiger charge is -1.92. The smallest absolute Gasteiger partial charge is 0.307 e. The van der Waals surface area contributed by atoms with Crippen LogP contribution in [0.25, 0.3) is 5.52 Å². The molecule has 0 amide bonds. The van der Waals surface area contributed by atoms with Gasteiger partial charge in [-0.25, -0.2) is 0 Å². The number of fused-ring (bicyclic) bond motifs is 1. The lowest BCUT2D eigenvalue weighted by molar-refractivity contribution is -0.136. The second-order valence-corrected chi connectivity index (χ2v) is 2.64. The van der Waals surface area contributed by atoms with Crippen LogP contribution in [0.2, 0.25) is 0 Å². The number of carboxylic acids is 1. The van der Waals surface area contributed by atoms with Crippen LogP contribution >= 0.6 is 0 Å². The highest BCUT2D eigenvalue weighted by Crippen LogP contribution is 2.08. The van der Waals surface area contributed by atoms with Gasteiger partial charge in [0.1, 0.15) is 0 Å². The fourth-order valence-corrected chi connectivity index (χ4v) is 1.18. The monoisotopic (exact) mass is 177 g/mol. The molecule has 0 atom stereocenters. The molecule has 0 aromatic carbocycles. The van der Waals surface area contributed by atoms with Gasteiger partial charge in [0, 0.05) is 11.8 Å². The highest BCUT2D eigenvalue weighted by atomic mass is 16.4. The van der Waals surface area contributed by atoms with Crippen molar-refractivity contribution in [2.45, 2.75) is 6.42 Å². The Labute approximate surface area is 73.6 Å². The molecule has 0 aliphatic carbocycles. The van der Waals surface area contributed by atoms with Crippen molar-refractivity contribution in [3.05, 3.63) is 30.1 Å². The third kappa shape index (κ3) is 1.35. The summed E-state index contributed by atoms with van der Waals surface area (Å²) in [5.41, 5.74) is 1.42. The van der Waals surface area contributed by atoms with Crippen LogP contribution in [0.4, 0.5) is 0 Å². The third-order valence-corrected chi connectivity index (χ3v) is 1.73. The molecule has 5 heteroatoms. The van der Waals surface area contributed by atoms with Gasteiger partial charge in [0.15, 0.2) is 0 Å². The lowest BCUT2D eigenvalue weighted by atomic mass is 10.2. The molecule has 66 valence electrons. The van der Waals surface area contributed by atoms with Crippen LogP contribution in [0.1, 0.15) is 5.56 Å². The fourth-order valence-electron chi connectivity index (χ4n) is 1.18. The van der Waals surface area contributed by atoms with E-state index in [4.69, 9.17) is 5.11 Å². The van der Waals surface area contributed by atoms with Crippen LogP contribution in [-0.2, 0) is 11.2 Å². The van der Waals surface area contributed by atoms with Crippen molar-refractivity contribution >= 4 is 11.5 Å². The van der Waals surface area contributed by atoms with Gasteiger partial charge in [-0.3, -0.25) is 4.79 Å². The molecule has 2 aromatic rings. The Morgan fingerprint density at radius 1 is 1.54 bits per heavy atom. The highest BCUT2D eigenvalue weighted by molar-refractivity contribution is 5.73. The molecule has 0 saturated heterocycles. The maximum atomic E-state index is 10.5. The minimum atomic E-state index is -0.862. The number of carbonyl (C=O) groups is 1. The number of hydrogen-bond acceptors (Lipinski definition) is 3. The van der Waals surface area contributed by atoms with E-state index >= 15 is 0 Å². The maximum absolute atomic E-state index is 10.5. The quantitative estimate of drug-likeness (QED) is 0.719. The third-order valence-electron chi connectivity index (χ3n) is 1.73. The van der Waals surface area contributed by atoms with Gasteiger partial charge < -0.3 is 5.11 Å². The largest absolute Gasteiger partial charge is 0.481 e. The summed E-state index contributed by atoms with van der Waals surface area (Å²) in [4.78, 5) is 10.5. The summed E-state index contributed by atoms with van der Waals surface area (Å²) in [6, 6.07) is 3.54. The summed E-state index contributed by atoms with van der Waals surface area (Å²) in [5, 5.41) is 16.4. The predicted octanol–water partition coefficient (Wildman–Crippen LogP) is 0.356. The van der Waals surface area contributed by atoms with E-state index in [1.165, 1.54) is 10.8 Å². The number of carboxylic acid groups (broad SMARTS) is 1. The molecule has 0 bridgehead atoms. The van der Waals surface area contributed by atoms with E-state index < -0.39 is 5.97 Å². The highest BCUT2D eigenvalue weighted by Gasteiger charge is 2.07. The average molecular weight is 177 g/mol. The lowest BCUT2D eigenvalue weighted by Crippen LogP contribution is -1.99. The first-order chi connectivity index (χ1) is 6.27. The molecule has 2 heterocycles. The number of aliphatic carboxylic acids is 1. The summed E-state index contributed by atoms with van der Waals surface area (Å²) in [7, 11) is 0. The molecular formula is C8H7N3O2. The van der Waals surface area contributed by atoms with Crippen LogP contribution < -0.4 is 0 Å². The Balaban J connectivity index is 2.51. The summed E-state index contributed by atoms with van der Waals surface area (Å²) < 4.78 is 1.41. The summed E-state index contributed by atoms with van der Waals surface area (Å²) in [6.45, 7) is 0. The molecule has 1 N–H and O–H groups in total. The Hall–Kier alpha value is -1.91. The maximum Gasteiger partial charge on any atom is 0.307 e. The van der Waals surface area contributed by atoms with E-state index in [1.807, 2.05) is 0 Å². The van der Waals surface area contributed by atoms with Crippen molar-refractivity contribution in [3.63, 3.8) is 0 Å². The van der Waals surface area contributed by atoms with Gasteiger partial charge in [-0.05, 0) is 12.1 Å². The standard InChI is InChI=1S/C8H7N3O2/c12-8(13)4-6-5-10-11-7(6)2-1-3-9-11/h1-3,5H,4H2,(H,12,13). The van der Waals surface area contributed by atoms with E-state index in [9.17, 15) is 4.79 Å². The first-order valence-electron chi connectivity index (χ1n) is 3.77. The molecule has 0 saturated carbocycles. The van der Waals surface area contributed by atoms with Gasteiger partial charge in [0.25, 0.3) is 0 Å². The van der Waals surface area contributed by atoms with Crippen molar-refractivity contribution in [2.24, 2.45) is 0 Å². The van der Waals surface area contributed by atoms with Gasteiger partial charge >= 0.3 is 5.97 Å². The molecule has 0 radical (unpaired) electrons. The van der Waals surface area contributed by atoms with Crippen LogP contribution in [0.5, 0.6) is 0 Å². The minimum Gasteiger partial charge on any atom is -0.481 e. The van der Waals surface area contributed by atoms with Gasteiger partial charge in [0.05, 0.1) is 18.1 Å². The van der Waals surface area contributed by atoms with E-state index in [0.717, 1.165) is 5.52 Å².